The summed E-state index contributed by atoms with van der Waals surface area (Å²) in [7, 11) is 0. The van der Waals surface area contributed by atoms with E-state index in [-0.39, 0.29) is 23.9 Å². The molecule has 6 nitrogen and oxygen atoms in total. The molecular weight excluding hydrogens is 426 g/mol. The topological polar surface area (TPSA) is 64.4 Å². The Bertz CT molecular complexity index is 1130. The third-order valence-electron chi connectivity index (χ3n) is 9.51. The van der Waals surface area contributed by atoms with Gasteiger partial charge in [-0.1, -0.05) is 25.5 Å². The van der Waals surface area contributed by atoms with E-state index in [1.807, 2.05) is 28.8 Å². The highest BCUT2D eigenvalue weighted by Crippen LogP contribution is 2.59. The highest BCUT2D eigenvalue weighted by molar-refractivity contribution is 5.89. The van der Waals surface area contributed by atoms with Crippen LogP contribution in [0.4, 0.5) is 0 Å². The first-order valence-corrected chi connectivity index (χ1v) is 13.5. The monoisotopic (exact) mass is 463 g/mol. The van der Waals surface area contributed by atoms with Crippen LogP contribution in [0.3, 0.4) is 0 Å². The predicted octanol–water partition coefficient (Wildman–Crippen LogP) is 4.81. The fourth-order valence-corrected chi connectivity index (χ4v) is 8.01. The molecule has 1 aromatic carbocycles. The molecule has 182 valence electrons. The van der Waals surface area contributed by atoms with Gasteiger partial charge in [-0.25, -0.2) is 9.78 Å². The third kappa shape index (κ3) is 3.60. The third-order valence-corrected chi connectivity index (χ3v) is 9.51. The number of nitrogens with zero attached hydrogens (tertiary/aromatic N) is 3. The van der Waals surface area contributed by atoms with Crippen LogP contribution in [-0.2, 0) is 4.74 Å². The van der Waals surface area contributed by atoms with Crippen molar-refractivity contribution in [1.29, 1.82) is 0 Å². The van der Waals surface area contributed by atoms with Gasteiger partial charge in [0.05, 0.1) is 17.6 Å². The smallest absolute Gasteiger partial charge is 0.362 e. The highest BCUT2D eigenvalue weighted by atomic mass is 16.5. The molecule has 0 N–H and O–H groups in total. The quantitative estimate of drug-likeness (QED) is 0.575. The van der Waals surface area contributed by atoms with Crippen molar-refractivity contribution in [2.75, 3.05) is 13.2 Å². The zero-order chi connectivity index (χ0) is 23.4. The molecule has 3 heterocycles. The Morgan fingerprint density at radius 2 is 1.85 bits per heavy atom. The fourth-order valence-electron chi connectivity index (χ4n) is 8.01. The maximum Gasteiger partial charge on any atom is 0.362 e. The summed E-state index contributed by atoms with van der Waals surface area (Å²) in [5.41, 5.74) is 1.14. The zero-order valence-corrected chi connectivity index (χ0v) is 20.5. The molecule has 2 bridgehead atoms. The van der Waals surface area contributed by atoms with E-state index in [0.717, 1.165) is 42.0 Å². The Kier molecular flexibility index (Phi) is 5.75. The average molecular weight is 464 g/mol. The van der Waals surface area contributed by atoms with Crippen LogP contribution in [-0.4, -0.2) is 45.7 Å². The number of rotatable bonds is 6. The highest BCUT2D eigenvalue weighted by Gasteiger charge is 2.51. The van der Waals surface area contributed by atoms with Crippen molar-refractivity contribution in [2.45, 2.75) is 83.3 Å². The Hall–Kier alpha value is -2.21. The zero-order valence-electron chi connectivity index (χ0n) is 20.5. The number of ether oxygens (including phenoxy) is 1. The first-order valence-electron chi connectivity index (χ1n) is 13.5. The second kappa shape index (κ2) is 8.78. The van der Waals surface area contributed by atoms with Gasteiger partial charge < -0.3 is 9.30 Å². The lowest BCUT2D eigenvalue weighted by Gasteiger charge is -2.59. The molecule has 7 atom stereocenters. The molecule has 2 aliphatic carbocycles. The SMILES string of the molecule is CCOC(=O)c1nc2ccccc2n([C@H]2C[C@H]3CCC[C@@H](C2)N3CC[C@H]2C[C@H]3C[C@@H](C)C23)c1=O. The summed E-state index contributed by atoms with van der Waals surface area (Å²) in [6.45, 7) is 5.64. The van der Waals surface area contributed by atoms with Crippen LogP contribution in [0.2, 0.25) is 0 Å². The summed E-state index contributed by atoms with van der Waals surface area (Å²) in [6.07, 6.45) is 9.90. The van der Waals surface area contributed by atoms with Gasteiger partial charge in [-0.15, -0.1) is 0 Å². The second-order valence-corrected chi connectivity index (χ2v) is 11.3. The van der Waals surface area contributed by atoms with Gasteiger partial charge in [-0.2, -0.15) is 0 Å². The lowest BCUT2D eigenvalue weighted by molar-refractivity contribution is -0.0923. The van der Waals surface area contributed by atoms with Gasteiger partial charge in [-0.3, -0.25) is 9.69 Å². The minimum atomic E-state index is -0.617. The molecule has 6 heteroatoms. The van der Waals surface area contributed by atoms with Crippen molar-refractivity contribution in [3.63, 3.8) is 0 Å². The number of fused-ring (bicyclic) bond motifs is 4. The van der Waals surface area contributed by atoms with Crippen molar-refractivity contribution < 1.29 is 9.53 Å². The van der Waals surface area contributed by atoms with Gasteiger partial charge in [0.2, 0.25) is 5.69 Å². The molecule has 0 amide bonds. The molecule has 6 rings (SSSR count). The van der Waals surface area contributed by atoms with Crippen LogP contribution in [0.15, 0.2) is 29.1 Å². The van der Waals surface area contributed by atoms with Gasteiger partial charge in [0.1, 0.15) is 0 Å². The number of piperidine rings is 2. The number of aromatic nitrogens is 2. The van der Waals surface area contributed by atoms with Crippen molar-refractivity contribution in [2.24, 2.45) is 23.7 Å². The summed E-state index contributed by atoms with van der Waals surface area (Å²) >= 11 is 0. The first kappa shape index (κ1) is 22.3. The normalized spacial score (nSPS) is 34.7. The summed E-state index contributed by atoms with van der Waals surface area (Å²) in [4.78, 5) is 33.3. The van der Waals surface area contributed by atoms with Crippen LogP contribution in [0, 0.1) is 23.7 Å². The molecular formula is C28H37N3O3. The van der Waals surface area contributed by atoms with E-state index in [1.54, 1.807) is 6.92 Å². The van der Waals surface area contributed by atoms with E-state index < -0.39 is 5.97 Å². The van der Waals surface area contributed by atoms with E-state index in [4.69, 9.17) is 4.74 Å². The van der Waals surface area contributed by atoms with Gasteiger partial charge in [0.25, 0.3) is 5.56 Å². The first-order chi connectivity index (χ1) is 16.5. The molecule has 0 radical (unpaired) electrons. The van der Waals surface area contributed by atoms with Crippen LogP contribution in [0.25, 0.3) is 11.0 Å². The molecule has 1 unspecified atom stereocenters. The second-order valence-electron chi connectivity index (χ2n) is 11.3. The number of hydrogen-bond donors (Lipinski definition) is 0. The van der Waals surface area contributed by atoms with E-state index in [1.165, 1.54) is 45.1 Å². The predicted molar refractivity (Wildman–Crippen MR) is 132 cm³/mol. The molecule has 2 saturated carbocycles. The Balaban J connectivity index is 1.26. The summed E-state index contributed by atoms with van der Waals surface area (Å²) in [5, 5.41) is 0. The fraction of sp³-hybridized carbons (Fsp3) is 0.679. The molecule has 2 aromatic rings. The van der Waals surface area contributed by atoms with Crippen molar-refractivity contribution in [3.8, 4) is 0 Å². The number of carbonyl (C=O) groups excluding carboxylic acids is 1. The number of esters is 1. The van der Waals surface area contributed by atoms with E-state index in [9.17, 15) is 9.59 Å². The summed E-state index contributed by atoms with van der Waals surface area (Å²) in [5.74, 6) is 3.29. The molecule has 4 fully saturated rings. The van der Waals surface area contributed by atoms with Crippen LogP contribution < -0.4 is 5.56 Å². The van der Waals surface area contributed by atoms with E-state index >= 15 is 0 Å². The van der Waals surface area contributed by atoms with Crippen molar-refractivity contribution in [3.05, 3.63) is 40.3 Å². The van der Waals surface area contributed by atoms with Crippen LogP contribution >= 0.6 is 0 Å². The number of carbonyl (C=O) groups is 1. The Morgan fingerprint density at radius 3 is 2.56 bits per heavy atom. The molecule has 2 aliphatic heterocycles. The van der Waals surface area contributed by atoms with E-state index in [0.29, 0.717) is 17.6 Å². The summed E-state index contributed by atoms with van der Waals surface area (Å²) < 4.78 is 7.05. The van der Waals surface area contributed by atoms with Crippen LogP contribution in [0.1, 0.15) is 81.7 Å². The Morgan fingerprint density at radius 1 is 1.09 bits per heavy atom. The number of benzene rings is 1. The maximum absolute atomic E-state index is 13.6. The molecule has 4 aliphatic rings. The van der Waals surface area contributed by atoms with Gasteiger partial charge >= 0.3 is 5.97 Å². The number of para-hydroxylation sites is 2. The van der Waals surface area contributed by atoms with E-state index in [2.05, 4.69) is 16.8 Å². The molecule has 0 spiro atoms. The van der Waals surface area contributed by atoms with Crippen LogP contribution in [0.5, 0.6) is 0 Å². The van der Waals surface area contributed by atoms with Gasteiger partial charge in [0, 0.05) is 18.1 Å². The Labute approximate surface area is 201 Å². The maximum atomic E-state index is 13.6. The van der Waals surface area contributed by atoms with Gasteiger partial charge in [-0.05, 0) is 94.2 Å². The van der Waals surface area contributed by atoms with Gasteiger partial charge in [0.15, 0.2) is 0 Å². The standard InChI is InChI=1S/C28H37N3O3/c1-3-34-28(33)26-27(32)31(24-10-5-4-9-23(24)29-26)22-15-20-7-6-8-21(16-22)30(20)12-11-18-14-19-13-17(2)25(18)19/h4-5,9-10,17-22,25H,3,6-8,11-16H2,1-2H3/t17-,18+,19-,20-,21+,22+,25?/m1/s1. The lowest BCUT2D eigenvalue weighted by atomic mass is 9.48. The van der Waals surface area contributed by atoms with Crippen molar-refractivity contribution >= 4 is 17.0 Å². The average Bonchev–Trinajstić information content (AvgIpc) is 2.80. The lowest BCUT2D eigenvalue weighted by Crippen LogP contribution is -2.55. The molecule has 1 aromatic heterocycles. The summed E-state index contributed by atoms with van der Waals surface area (Å²) in [6, 6.07) is 8.86. The molecule has 2 saturated heterocycles. The molecule has 34 heavy (non-hydrogen) atoms. The number of hydrogen-bond acceptors (Lipinski definition) is 5. The largest absolute Gasteiger partial charge is 0.461 e. The minimum absolute atomic E-state index is 0.0812. The minimum Gasteiger partial charge on any atom is -0.461 e. The van der Waals surface area contributed by atoms with Crippen molar-refractivity contribution in [1.82, 2.24) is 14.5 Å².